The zero-order valence-corrected chi connectivity index (χ0v) is 11.1. The standard InChI is InChI=1S/C14H14N2O2.ClH/c17-14(18)10-7-9-5-6-15-12-4-2-1-3-11(12)13(9)16-8-10;/h1-6,9-10,15H,7-8H2,(H,17,18);1H. The van der Waals surface area contributed by atoms with Gasteiger partial charge < -0.3 is 10.4 Å². The Bertz CT molecular complexity index is 554. The van der Waals surface area contributed by atoms with Crippen LogP contribution in [0.4, 0.5) is 5.69 Å². The van der Waals surface area contributed by atoms with Gasteiger partial charge in [0.15, 0.2) is 0 Å². The number of aliphatic carboxylic acids is 1. The van der Waals surface area contributed by atoms with Crippen LogP contribution in [-0.2, 0) is 4.79 Å². The molecule has 0 aliphatic carbocycles. The van der Waals surface area contributed by atoms with Crippen LogP contribution < -0.4 is 5.32 Å². The fourth-order valence-corrected chi connectivity index (χ4v) is 2.54. The summed E-state index contributed by atoms with van der Waals surface area (Å²) < 4.78 is 0. The average molecular weight is 279 g/mol. The third kappa shape index (κ3) is 2.49. The van der Waals surface area contributed by atoms with E-state index in [1.54, 1.807) is 0 Å². The van der Waals surface area contributed by atoms with Crippen molar-refractivity contribution in [2.45, 2.75) is 6.42 Å². The first-order valence-electron chi connectivity index (χ1n) is 6.05. The highest BCUT2D eigenvalue weighted by molar-refractivity contribution is 6.08. The number of carboxylic acids is 1. The third-order valence-corrected chi connectivity index (χ3v) is 3.49. The smallest absolute Gasteiger partial charge is 0.308 e. The second-order valence-electron chi connectivity index (χ2n) is 4.65. The number of carboxylic acid groups (broad SMARTS) is 1. The maximum Gasteiger partial charge on any atom is 0.308 e. The number of nitrogens with zero attached hydrogens (tertiary/aromatic N) is 1. The molecule has 2 aliphatic heterocycles. The number of nitrogens with one attached hydrogen (secondary N) is 1. The molecule has 4 nitrogen and oxygen atoms in total. The molecular weight excluding hydrogens is 264 g/mol. The highest BCUT2D eigenvalue weighted by Gasteiger charge is 2.30. The number of hydrogen-bond donors (Lipinski definition) is 2. The summed E-state index contributed by atoms with van der Waals surface area (Å²) in [5.74, 6) is -1.03. The maximum absolute atomic E-state index is 11.1. The summed E-state index contributed by atoms with van der Waals surface area (Å²) >= 11 is 0. The largest absolute Gasteiger partial charge is 0.481 e. The quantitative estimate of drug-likeness (QED) is 0.830. The van der Waals surface area contributed by atoms with Gasteiger partial charge in [0.05, 0.1) is 18.2 Å². The summed E-state index contributed by atoms with van der Waals surface area (Å²) in [5, 5.41) is 12.3. The normalized spacial score (nSPS) is 23.9. The lowest BCUT2D eigenvalue weighted by molar-refractivity contribution is -0.141. The lowest BCUT2D eigenvalue weighted by atomic mass is 9.85. The van der Waals surface area contributed by atoms with E-state index in [4.69, 9.17) is 5.11 Å². The minimum Gasteiger partial charge on any atom is -0.481 e. The molecule has 0 fully saturated rings. The minimum absolute atomic E-state index is 0. The monoisotopic (exact) mass is 278 g/mol. The van der Waals surface area contributed by atoms with Crippen molar-refractivity contribution in [2.75, 3.05) is 11.9 Å². The number of halogens is 1. The van der Waals surface area contributed by atoms with Crippen LogP contribution >= 0.6 is 12.4 Å². The molecule has 19 heavy (non-hydrogen) atoms. The zero-order valence-electron chi connectivity index (χ0n) is 10.2. The van der Waals surface area contributed by atoms with Crippen LogP contribution in [0.1, 0.15) is 12.0 Å². The molecule has 2 heterocycles. The molecule has 0 amide bonds. The van der Waals surface area contributed by atoms with Gasteiger partial charge in [0.25, 0.3) is 0 Å². The van der Waals surface area contributed by atoms with E-state index in [-0.39, 0.29) is 24.2 Å². The van der Waals surface area contributed by atoms with Crippen LogP contribution in [0.5, 0.6) is 0 Å². The van der Waals surface area contributed by atoms with Gasteiger partial charge in [0.1, 0.15) is 0 Å². The van der Waals surface area contributed by atoms with Crippen LogP contribution in [0.25, 0.3) is 0 Å². The van der Waals surface area contributed by atoms with Crippen LogP contribution in [0.3, 0.4) is 0 Å². The molecule has 2 aliphatic rings. The Balaban J connectivity index is 0.00000133. The maximum atomic E-state index is 11.1. The molecule has 1 aromatic rings. The van der Waals surface area contributed by atoms with Gasteiger partial charge in [0.2, 0.25) is 0 Å². The zero-order chi connectivity index (χ0) is 12.5. The van der Waals surface area contributed by atoms with Crippen molar-refractivity contribution in [3.05, 3.63) is 42.1 Å². The van der Waals surface area contributed by atoms with E-state index in [2.05, 4.69) is 10.3 Å². The van der Waals surface area contributed by atoms with Gasteiger partial charge in [-0.25, -0.2) is 0 Å². The molecule has 100 valence electrons. The van der Waals surface area contributed by atoms with Gasteiger partial charge in [-0.05, 0) is 18.7 Å². The summed E-state index contributed by atoms with van der Waals surface area (Å²) in [4.78, 5) is 15.6. The van der Waals surface area contributed by atoms with Gasteiger partial charge in [-0.3, -0.25) is 9.79 Å². The first-order chi connectivity index (χ1) is 8.75. The van der Waals surface area contributed by atoms with Gasteiger partial charge in [0, 0.05) is 17.2 Å². The SMILES string of the molecule is Cl.O=C(O)C1CN=C2c3ccccc3NC=CC2C1. The molecule has 0 bridgehead atoms. The number of hydrogen-bond acceptors (Lipinski definition) is 3. The van der Waals surface area contributed by atoms with E-state index >= 15 is 0 Å². The molecule has 2 N–H and O–H groups in total. The molecule has 2 atom stereocenters. The number of rotatable bonds is 1. The fourth-order valence-electron chi connectivity index (χ4n) is 2.54. The van der Waals surface area contributed by atoms with Gasteiger partial charge in [-0.1, -0.05) is 24.3 Å². The Morgan fingerprint density at radius 1 is 1.37 bits per heavy atom. The van der Waals surface area contributed by atoms with Gasteiger partial charge in [-0.15, -0.1) is 12.4 Å². The molecule has 0 saturated heterocycles. The summed E-state index contributed by atoms with van der Waals surface area (Å²) in [6, 6.07) is 7.99. The molecule has 0 spiro atoms. The Kier molecular flexibility index (Phi) is 3.90. The van der Waals surface area contributed by atoms with Crippen molar-refractivity contribution in [3.8, 4) is 0 Å². The number of para-hydroxylation sites is 1. The van der Waals surface area contributed by atoms with Gasteiger partial charge >= 0.3 is 5.97 Å². The lowest BCUT2D eigenvalue weighted by Gasteiger charge is -2.24. The van der Waals surface area contributed by atoms with E-state index < -0.39 is 5.97 Å². The van der Waals surface area contributed by atoms with Crippen molar-refractivity contribution in [2.24, 2.45) is 16.8 Å². The molecule has 3 rings (SSSR count). The number of allylic oxidation sites excluding steroid dienone is 1. The van der Waals surface area contributed by atoms with E-state index in [9.17, 15) is 4.79 Å². The van der Waals surface area contributed by atoms with E-state index in [0.717, 1.165) is 17.0 Å². The minimum atomic E-state index is -0.753. The Morgan fingerprint density at radius 3 is 2.95 bits per heavy atom. The van der Waals surface area contributed by atoms with Crippen LogP contribution in [0, 0.1) is 11.8 Å². The number of benzene rings is 1. The van der Waals surface area contributed by atoms with Crippen molar-refractivity contribution in [3.63, 3.8) is 0 Å². The first-order valence-corrected chi connectivity index (χ1v) is 6.05. The number of anilines is 1. The van der Waals surface area contributed by atoms with Crippen molar-refractivity contribution in [1.82, 2.24) is 0 Å². The lowest BCUT2D eigenvalue weighted by Crippen LogP contribution is -2.29. The second kappa shape index (κ2) is 5.45. The number of aliphatic imine (C=N–C) groups is 1. The van der Waals surface area contributed by atoms with Crippen LogP contribution in [0.2, 0.25) is 0 Å². The van der Waals surface area contributed by atoms with Crippen LogP contribution in [0.15, 0.2) is 41.5 Å². The Morgan fingerprint density at radius 2 is 2.16 bits per heavy atom. The molecule has 0 saturated carbocycles. The van der Waals surface area contributed by atoms with Crippen molar-refractivity contribution < 1.29 is 9.90 Å². The predicted octanol–water partition coefficient (Wildman–Crippen LogP) is 2.56. The average Bonchev–Trinajstić information content (AvgIpc) is 2.57. The molecule has 0 aromatic heterocycles. The number of fused-ring (bicyclic) bond motifs is 3. The summed E-state index contributed by atoms with van der Waals surface area (Å²) in [6.07, 6.45) is 4.52. The molecule has 1 aromatic carbocycles. The van der Waals surface area contributed by atoms with Crippen LogP contribution in [-0.4, -0.2) is 23.3 Å². The Labute approximate surface area is 117 Å². The molecule has 5 heteroatoms. The van der Waals surface area contributed by atoms with Crippen molar-refractivity contribution >= 4 is 29.8 Å². The molecular formula is C14H15ClN2O2. The second-order valence-corrected chi connectivity index (χ2v) is 4.65. The van der Waals surface area contributed by atoms with Crippen molar-refractivity contribution in [1.29, 1.82) is 0 Å². The summed E-state index contributed by atoms with van der Waals surface area (Å²) in [5.41, 5.74) is 3.12. The molecule has 2 unspecified atom stereocenters. The summed E-state index contributed by atoms with van der Waals surface area (Å²) in [7, 11) is 0. The highest BCUT2D eigenvalue weighted by Crippen LogP contribution is 2.30. The van der Waals surface area contributed by atoms with E-state index in [1.807, 2.05) is 36.5 Å². The van der Waals surface area contributed by atoms with Gasteiger partial charge in [-0.2, -0.15) is 0 Å². The van der Waals surface area contributed by atoms with E-state index in [1.165, 1.54) is 0 Å². The van der Waals surface area contributed by atoms with E-state index in [0.29, 0.717) is 13.0 Å². The highest BCUT2D eigenvalue weighted by atomic mass is 35.5. The molecule has 0 radical (unpaired) electrons. The third-order valence-electron chi connectivity index (χ3n) is 3.49. The number of carbonyl (C=O) groups is 1. The Hall–Kier alpha value is -1.81. The summed E-state index contributed by atoms with van der Waals surface area (Å²) in [6.45, 7) is 0.378. The predicted molar refractivity (Wildman–Crippen MR) is 77.1 cm³/mol. The first kappa shape index (κ1) is 13.6. The topological polar surface area (TPSA) is 61.7 Å². The fraction of sp³-hybridized carbons (Fsp3) is 0.286.